The maximum atomic E-state index is 13.8. The van der Waals surface area contributed by atoms with Crippen LogP contribution in [0.5, 0.6) is 0 Å². The lowest BCUT2D eigenvalue weighted by molar-refractivity contribution is -0.0868. The molecule has 1 aliphatic heterocycles. The predicted molar refractivity (Wildman–Crippen MR) is 120 cm³/mol. The Balaban J connectivity index is 2.04. The molecule has 32 heavy (non-hydrogen) atoms. The molecule has 0 amide bonds. The Hall–Kier alpha value is -3.19. The van der Waals surface area contributed by atoms with Gasteiger partial charge >= 0.3 is 6.18 Å². The second-order valence-corrected chi connectivity index (χ2v) is 7.40. The third kappa shape index (κ3) is 5.16. The molecule has 0 fully saturated rings. The van der Waals surface area contributed by atoms with Gasteiger partial charge in [0.1, 0.15) is 11.6 Å². The number of allylic oxidation sites excluding steroid dienone is 6. The van der Waals surface area contributed by atoms with E-state index >= 15 is 0 Å². The lowest BCUT2D eigenvalue weighted by Gasteiger charge is -2.14. The number of furan rings is 1. The van der Waals surface area contributed by atoms with E-state index in [9.17, 15) is 17.6 Å². The van der Waals surface area contributed by atoms with E-state index in [4.69, 9.17) is 9.41 Å². The highest BCUT2D eigenvalue weighted by Crippen LogP contribution is 2.37. The summed E-state index contributed by atoms with van der Waals surface area (Å²) in [6, 6.07) is 12.5. The number of halogens is 4. The number of nitrogens with zero attached hydrogens (tertiary/aromatic N) is 1. The Morgan fingerprint density at radius 1 is 1.19 bits per heavy atom. The van der Waals surface area contributed by atoms with E-state index in [2.05, 4.69) is 11.9 Å². The molecule has 1 aromatic heterocycles. The molecule has 7 heteroatoms. The smallest absolute Gasteiger partial charge is 0.416 e. The third-order valence-electron chi connectivity index (χ3n) is 5.19. The van der Waals surface area contributed by atoms with Crippen LogP contribution in [0.4, 0.5) is 17.6 Å². The quantitative estimate of drug-likeness (QED) is 0.404. The van der Waals surface area contributed by atoms with Gasteiger partial charge in [-0.2, -0.15) is 13.2 Å². The van der Waals surface area contributed by atoms with Gasteiger partial charge in [0.2, 0.25) is 0 Å². The van der Waals surface area contributed by atoms with E-state index in [1.165, 1.54) is 19.1 Å². The van der Waals surface area contributed by atoms with Crippen molar-refractivity contribution >= 4 is 16.9 Å². The minimum atomic E-state index is -4.73. The zero-order valence-corrected chi connectivity index (χ0v) is 18.1. The van der Waals surface area contributed by atoms with Gasteiger partial charge in [-0.1, -0.05) is 43.0 Å². The van der Waals surface area contributed by atoms with Crippen LogP contribution < -0.4 is 5.32 Å². The number of benzene rings is 1. The number of hydrogen-bond acceptors (Lipinski definition) is 3. The number of aliphatic imine (C=N–C) groups is 1. The number of hydrogen-bond donors (Lipinski definition) is 1. The van der Waals surface area contributed by atoms with Gasteiger partial charge in [-0.05, 0) is 50.1 Å². The first kappa shape index (κ1) is 23.5. The average molecular weight is 444 g/mol. The van der Waals surface area contributed by atoms with Gasteiger partial charge in [-0.15, -0.1) is 0 Å². The van der Waals surface area contributed by atoms with Crippen molar-refractivity contribution in [2.24, 2.45) is 4.99 Å². The van der Waals surface area contributed by atoms with Crippen LogP contribution in [0.1, 0.15) is 37.9 Å². The Labute approximate surface area is 184 Å². The highest BCUT2D eigenvalue weighted by molar-refractivity contribution is 6.04. The Kier molecular flexibility index (Phi) is 6.99. The van der Waals surface area contributed by atoms with Crippen LogP contribution in [-0.2, 0) is 0 Å². The van der Waals surface area contributed by atoms with E-state index in [-0.39, 0.29) is 11.8 Å². The van der Waals surface area contributed by atoms with Crippen LogP contribution in [0, 0.1) is 0 Å². The minimum Gasteiger partial charge on any atom is -0.455 e. The molecule has 0 saturated carbocycles. The van der Waals surface area contributed by atoms with Gasteiger partial charge in [0.05, 0.1) is 17.3 Å². The number of rotatable bonds is 5. The Bertz CT molecular complexity index is 1120. The van der Waals surface area contributed by atoms with E-state index in [1.807, 2.05) is 44.2 Å². The van der Waals surface area contributed by atoms with E-state index in [0.29, 0.717) is 18.0 Å². The fraction of sp³-hybridized carbons (Fsp3) is 0.240. The molecule has 168 valence electrons. The van der Waals surface area contributed by atoms with E-state index < -0.39 is 23.1 Å². The Morgan fingerprint density at radius 3 is 2.50 bits per heavy atom. The first-order valence-corrected chi connectivity index (χ1v) is 10.1. The van der Waals surface area contributed by atoms with Crippen molar-refractivity contribution in [1.29, 1.82) is 0 Å². The topological polar surface area (TPSA) is 37.5 Å². The first-order valence-electron chi connectivity index (χ1n) is 10.1. The van der Waals surface area contributed by atoms with Crippen molar-refractivity contribution in [2.45, 2.75) is 33.0 Å². The summed E-state index contributed by atoms with van der Waals surface area (Å²) in [5.41, 5.74) is 1.71. The van der Waals surface area contributed by atoms with Crippen LogP contribution in [0.15, 0.2) is 87.7 Å². The van der Waals surface area contributed by atoms with Crippen molar-refractivity contribution in [2.75, 3.05) is 6.54 Å². The minimum absolute atomic E-state index is 0.136. The highest BCUT2D eigenvalue weighted by atomic mass is 19.4. The first-order chi connectivity index (χ1) is 15.1. The molecule has 2 heterocycles. The van der Waals surface area contributed by atoms with Crippen molar-refractivity contribution in [3.63, 3.8) is 0 Å². The molecule has 1 aromatic carbocycles. The van der Waals surface area contributed by atoms with Crippen LogP contribution in [0.3, 0.4) is 0 Å². The van der Waals surface area contributed by atoms with Crippen LogP contribution in [0.2, 0.25) is 0 Å². The van der Waals surface area contributed by atoms with E-state index in [0.717, 1.165) is 29.0 Å². The molecule has 3 nitrogen and oxygen atoms in total. The van der Waals surface area contributed by atoms with Crippen LogP contribution in [-0.4, -0.2) is 24.5 Å². The zero-order valence-electron chi connectivity index (χ0n) is 18.1. The predicted octanol–water partition coefficient (Wildman–Crippen LogP) is 6.87. The molecule has 0 spiro atoms. The molecule has 2 aromatic rings. The van der Waals surface area contributed by atoms with Crippen LogP contribution in [0.25, 0.3) is 11.1 Å². The fourth-order valence-corrected chi connectivity index (χ4v) is 3.34. The van der Waals surface area contributed by atoms with Crippen molar-refractivity contribution in [1.82, 2.24) is 5.32 Å². The molecule has 0 radical (unpaired) electrons. The molecule has 0 unspecified atom stereocenters. The zero-order chi connectivity index (χ0) is 23.5. The lowest BCUT2D eigenvalue weighted by Crippen LogP contribution is -2.34. The summed E-state index contributed by atoms with van der Waals surface area (Å²) in [5, 5.41) is 3.37. The summed E-state index contributed by atoms with van der Waals surface area (Å²) in [6.07, 6.45) is -2.90. The second-order valence-electron chi connectivity index (χ2n) is 7.40. The highest BCUT2D eigenvalue weighted by Gasteiger charge is 2.36. The molecule has 1 N–H and O–H groups in total. The molecule has 1 atom stereocenters. The standard InChI is InChI=1S/C25H24F4N2O/c1-5-19(26)13-20(15(2)25(27,28)29)22-11-12-23(32-22)24-17(4)30-14-21(16(3)31-24)18-9-7-6-8-10-18/h5-13,17,30H,2,14H2,1,3-4H3/b19-5+,20-13+/t17-/m1/s1. The van der Waals surface area contributed by atoms with Crippen LogP contribution >= 0.6 is 0 Å². The normalized spacial score (nSPS) is 18.5. The van der Waals surface area contributed by atoms with Gasteiger partial charge in [0, 0.05) is 17.8 Å². The summed E-state index contributed by atoms with van der Waals surface area (Å²) >= 11 is 0. The number of nitrogens with one attached hydrogen (secondary N) is 1. The molecule has 0 saturated heterocycles. The molecule has 1 aliphatic rings. The summed E-state index contributed by atoms with van der Waals surface area (Å²) in [4.78, 5) is 4.72. The maximum absolute atomic E-state index is 13.8. The summed E-state index contributed by atoms with van der Waals surface area (Å²) < 4.78 is 59.5. The molecule has 3 rings (SSSR count). The van der Waals surface area contributed by atoms with Crippen molar-refractivity contribution in [3.8, 4) is 0 Å². The number of alkyl halides is 3. The summed E-state index contributed by atoms with van der Waals surface area (Å²) in [6.45, 7) is 8.83. The van der Waals surface area contributed by atoms with Crippen molar-refractivity contribution in [3.05, 3.63) is 95.4 Å². The van der Waals surface area contributed by atoms with Gasteiger partial charge in [-0.25, -0.2) is 4.39 Å². The molecular formula is C25H24F4N2O. The third-order valence-corrected chi connectivity index (χ3v) is 5.19. The van der Waals surface area contributed by atoms with Crippen molar-refractivity contribution < 1.29 is 22.0 Å². The SMILES string of the molecule is C=C(/C(=C\C(F)=C/C)c1ccc(C2=NC(C)=C(c3ccccc3)CN[C@@H]2C)o1)C(F)(F)F. The second kappa shape index (κ2) is 9.53. The molecular weight excluding hydrogens is 420 g/mol. The average Bonchev–Trinajstić information content (AvgIpc) is 3.19. The largest absolute Gasteiger partial charge is 0.455 e. The summed E-state index contributed by atoms with van der Waals surface area (Å²) in [7, 11) is 0. The molecule has 0 bridgehead atoms. The van der Waals surface area contributed by atoms with Gasteiger partial charge < -0.3 is 9.73 Å². The van der Waals surface area contributed by atoms with Gasteiger partial charge in [-0.3, -0.25) is 4.99 Å². The molecule has 0 aliphatic carbocycles. The Morgan fingerprint density at radius 2 is 1.88 bits per heavy atom. The fourth-order valence-electron chi connectivity index (χ4n) is 3.34. The summed E-state index contributed by atoms with van der Waals surface area (Å²) in [5.74, 6) is -0.657. The van der Waals surface area contributed by atoms with Gasteiger partial charge in [0.25, 0.3) is 0 Å². The van der Waals surface area contributed by atoms with E-state index in [1.54, 1.807) is 0 Å². The lowest BCUT2D eigenvalue weighted by atomic mass is 10.0. The van der Waals surface area contributed by atoms with Gasteiger partial charge in [0.15, 0.2) is 5.76 Å². The monoisotopic (exact) mass is 444 g/mol. The maximum Gasteiger partial charge on any atom is 0.416 e.